The Hall–Kier alpha value is -1.52. The Kier molecular flexibility index (Phi) is 4.45. The van der Waals surface area contributed by atoms with Gasteiger partial charge in [-0.15, -0.1) is 0 Å². The van der Waals surface area contributed by atoms with Gasteiger partial charge in [-0.3, -0.25) is 4.79 Å². The summed E-state index contributed by atoms with van der Waals surface area (Å²) in [6.07, 6.45) is 2.85. The van der Waals surface area contributed by atoms with Gasteiger partial charge in [0.25, 0.3) is 5.91 Å². The molecular formula is C14H16ClNO3. The van der Waals surface area contributed by atoms with E-state index in [1.54, 1.807) is 18.1 Å². The Bertz CT molecular complexity index is 513. The molecule has 1 heterocycles. The molecule has 0 aromatic heterocycles. The van der Waals surface area contributed by atoms with Crippen LogP contribution in [-0.4, -0.2) is 42.7 Å². The van der Waals surface area contributed by atoms with Gasteiger partial charge in [0.05, 0.1) is 11.6 Å². The molecule has 1 aromatic rings. The third kappa shape index (κ3) is 3.28. The molecule has 1 aliphatic heterocycles. The SMILES string of the molecule is COCC1=CCN(C(=O)c2ccc(O)c(Cl)c2)CC1. The van der Waals surface area contributed by atoms with Gasteiger partial charge in [0.15, 0.2) is 0 Å². The van der Waals surface area contributed by atoms with Crippen molar-refractivity contribution >= 4 is 17.5 Å². The topological polar surface area (TPSA) is 49.8 Å². The Morgan fingerprint density at radius 3 is 2.89 bits per heavy atom. The molecule has 0 saturated carbocycles. The first-order valence-corrected chi connectivity index (χ1v) is 6.44. The van der Waals surface area contributed by atoms with Gasteiger partial charge in [0, 0.05) is 25.8 Å². The average molecular weight is 282 g/mol. The minimum atomic E-state index is -0.0744. The van der Waals surface area contributed by atoms with E-state index < -0.39 is 0 Å². The Balaban J connectivity index is 2.07. The molecule has 0 bridgehead atoms. The van der Waals surface area contributed by atoms with Gasteiger partial charge in [-0.25, -0.2) is 0 Å². The molecule has 4 nitrogen and oxygen atoms in total. The first-order valence-electron chi connectivity index (χ1n) is 6.06. The van der Waals surface area contributed by atoms with E-state index in [1.165, 1.54) is 17.7 Å². The number of hydrogen-bond acceptors (Lipinski definition) is 3. The molecule has 5 heteroatoms. The van der Waals surface area contributed by atoms with E-state index in [9.17, 15) is 9.90 Å². The van der Waals surface area contributed by atoms with Crippen molar-refractivity contribution in [1.29, 1.82) is 0 Å². The van der Waals surface area contributed by atoms with Crippen LogP contribution in [0.1, 0.15) is 16.8 Å². The van der Waals surface area contributed by atoms with Crippen LogP contribution in [0.4, 0.5) is 0 Å². The van der Waals surface area contributed by atoms with Crippen LogP contribution in [0, 0.1) is 0 Å². The second-order valence-corrected chi connectivity index (χ2v) is 4.87. The van der Waals surface area contributed by atoms with Crippen LogP contribution in [0.5, 0.6) is 5.75 Å². The normalized spacial score (nSPS) is 15.3. The molecule has 19 heavy (non-hydrogen) atoms. The molecule has 0 saturated heterocycles. The standard InChI is InChI=1S/C14H16ClNO3/c1-19-9-10-4-6-16(7-5-10)14(18)11-2-3-13(17)12(15)8-11/h2-4,8,17H,5-7,9H2,1H3. The van der Waals surface area contributed by atoms with Crippen molar-refractivity contribution in [2.45, 2.75) is 6.42 Å². The number of hydrogen-bond donors (Lipinski definition) is 1. The highest BCUT2D eigenvalue weighted by molar-refractivity contribution is 6.32. The van der Waals surface area contributed by atoms with Crippen molar-refractivity contribution < 1.29 is 14.6 Å². The summed E-state index contributed by atoms with van der Waals surface area (Å²) >= 11 is 5.81. The monoisotopic (exact) mass is 281 g/mol. The summed E-state index contributed by atoms with van der Waals surface area (Å²) in [6, 6.07) is 4.51. The number of amides is 1. The Morgan fingerprint density at radius 2 is 2.32 bits per heavy atom. The molecule has 102 valence electrons. The fourth-order valence-corrected chi connectivity index (χ4v) is 2.22. The molecule has 0 unspecified atom stereocenters. The number of phenolic OH excluding ortho intramolecular Hbond substituents is 1. The number of nitrogens with zero attached hydrogens (tertiary/aromatic N) is 1. The lowest BCUT2D eigenvalue weighted by Gasteiger charge is -2.26. The van der Waals surface area contributed by atoms with E-state index in [2.05, 4.69) is 0 Å². The van der Waals surface area contributed by atoms with Crippen LogP contribution >= 0.6 is 11.6 Å². The fourth-order valence-electron chi connectivity index (χ4n) is 2.03. The summed E-state index contributed by atoms with van der Waals surface area (Å²) in [5, 5.41) is 9.54. The minimum absolute atomic E-state index is 0.0147. The number of carbonyl (C=O) groups excluding carboxylic acids is 1. The minimum Gasteiger partial charge on any atom is -0.506 e. The van der Waals surface area contributed by atoms with Crippen LogP contribution in [0.2, 0.25) is 5.02 Å². The van der Waals surface area contributed by atoms with E-state index in [-0.39, 0.29) is 16.7 Å². The molecule has 1 aliphatic rings. The lowest BCUT2D eigenvalue weighted by molar-refractivity contribution is 0.0765. The van der Waals surface area contributed by atoms with Gasteiger partial charge in [0.1, 0.15) is 5.75 Å². The number of carbonyl (C=O) groups is 1. The first kappa shape index (κ1) is 13.9. The Morgan fingerprint density at radius 1 is 1.53 bits per heavy atom. The molecule has 2 rings (SSSR count). The molecule has 1 aromatic carbocycles. The molecule has 1 N–H and O–H groups in total. The number of ether oxygens (including phenoxy) is 1. The summed E-state index contributed by atoms with van der Waals surface area (Å²) in [6.45, 7) is 1.87. The molecule has 0 aliphatic carbocycles. The van der Waals surface area contributed by atoms with Crippen molar-refractivity contribution in [3.05, 3.63) is 40.4 Å². The molecule has 0 spiro atoms. The highest BCUT2D eigenvalue weighted by atomic mass is 35.5. The molecule has 0 radical (unpaired) electrons. The fraction of sp³-hybridized carbons (Fsp3) is 0.357. The lowest BCUT2D eigenvalue weighted by Crippen LogP contribution is -2.35. The second kappa shape index (κ2) is 6.08. The van der Waals surface area contributed by atoms with Gasteiger partial charge in [-0.1, -0.05) is 17.7 Å². The predicted octanol–water partition coefficient (Wildman–Crippen LogP) is 2.46. The van der Waals surface area contributed by atoms with Crippen LogP contribution in [0.25, 0.3) is 0 Å². The van der Waals surface area contributed by atoms with Gasteiger partial charge < -0.3 is 14.7 Å². The number of phenols is 1. The zero-order valence-electron chi connectivity index (χ0n) is 10.7. The summed E-state index contributed by atoms with van der Waals surface area (Å²) in [5.41, 5.74) is 1.71. The smallest absolute Gasteiger partial charge is 0.254 e. The van der Waals surface area contributed by atoms with E-state index in [4.69, 9.17) is 16.3 Å². The maximum atomic E-state index is 12.3. The van der Waals surface area contributed by atoms with Crippen molar-refractivity contribution in [1.82, 2.24) is 4.90 Å². The summed E-state index contributed by atoms with van der Waals surface area (Å²) in [4.78, 5) is 14.0. The molecule has 0 atom stereocenters. The first-order chi connectivity index (χ1) is 9.11. The number of methoxy groups -OCH3 is 1. The zero-order valence-corrected chi connectivity index (χ0v) is 11.5. The van der Waals surface area contributed by atoms with E-state index in [0.717, 1.165) is 6.42 Å². The number of halogens is 1. The summed E-state index contributed by atoms with van der Waals surface area (Å²) in [5.74, 6) is -0.0891. The number of rotatable bonds is 3. The number of aromatic hydroxyl groups is 1. The maximum absolute atomic E-state index is 12.3. The zero-order chi connectivity index (χ0) is 13.8. The third-order valence-electron chi connectivity index (χ3n) is 3.11. The van der Waals surface area contributed by atoms with Gasteiger partial charge in [0.2, 0.25) is 0 Å². The van der Waals surface area contributed by atoms with Crippen molar-refractivity contribution in [2.75, 3.05) is 26.8 Å². The molecular weight excluding hydrogens is 266 g/mol. The van der Waals surface area contributed by atoms with Crippen molar-refractivity contribution in [3.63, 3.8) is 0 Å². The van der Waals surface area contributed by atoms with Crippen LogP contribution < -0.4 is 0 Å². The lowest BCUT2D eigenvalue weighted by atomic mass is 10.1. The molecule has 0 fully saturated rings. The van der Waals surface area contributed by atoms with Crippen molar-refractivity contribution in [3.8, 4) is 5.75 Å². The number of benzene rings is 1. The summed E-state index contributed by atoms with van der Waals surface area (Å²) in [7, 11) is 1.66. The largest absolute Gasteiger partial charge is 0.506 e. The highest BCUT2D eigenvalue weighted by Crippen LogP contribution is 2.24. The quantitative estimate of drug-likeness (QED) is 0.866. The summed E-state index contributed by atoms with van der Waals surface area (Å²) < 4.78 is 5.07. The van der Waals surface area contributed by atoms with Gasteiger partial charge >= 0.3 is 0 Å². The maximum Gasteiger partial charge on any atom is 0.254 e. The average Bonchev–Trinajstić information content (AvgIpc) is 2.42. The predicted molar refractivity (Wildman–Crippen MR) is 73.6 cm³/mol. The second-order valence-electron chi connectivity index (χ2n) is 4.46. The Labute approximate surface area is 117 Å². The molecule has 1 amide bonds. The van der Waals surface area contributed by atoms with E-state index >= 15 is 0 Å². The third-order valence-corrected chi connectivity index (χ3v) is 3.42. The van der Waals surface area contributed by atoms with Crippen LogP contribution in [0.15, 0.2) is 29.8 Å². The highest BCUT2D eigenvalue weighted by Gasteiger charge is 2.19. The van der Waals surface area contributed by atoms with Gasteiger partial charge in [-0.05, 0) is 30.2 Å². The van der Waals surface area contributed by atoms with E-state index in [0.29, 0.717) is 25.3 Å². The van der Waals surface area contributed by atoms with Gasteiger partial charge in [-0.2, -0.15) is 0 Å². The van der Waals surface area contributed by atoms with Crippen molar-refractivity contribution in [2.24, 2.45) is 0 Å². The van der Waals surface area contributed by atoms with E-state index in [1.807, 2.05) is 6.08 Å². The van der Waals surface area contributed by atoms with Crippen LogP contribution in [-0.2, 0) is 4.74 Å². The van der Waals surface area contributed by atoms with Crippen LogP contribution in [0.3, 0.4) is 0 Å².